The lowest BCUT2D eigenvalue weighted by atomic mass is 10.2. The Morgan fingerprint density at radius 3 is 2.63 bits per heavy atom. The van der Waals surface area contributed by atoms with Gasteiger partial charge in [0, 0.05) is 41.2 Å². The van der Waals surface area contributed by atoms with Crippen LogP contribution in [0.3, 0.4) is 0 Å². The smallest absolute Gasteiger partial charge is 0.159 e. The van der Waals surface area contributed by atoms with Crippen LogP contribution in [0, 0.1) is 27.7 Å². The van der Waals surface area contributed by atoms with Gasteiger partial charge >= 0.3 is 0 Å². The molecule has 2 unspecified atom stereocenters. The molecule has 4 aromatic heterocycles. The zero-order valence-corrected chi connectivity index (χ0v) is 17.0. The zero-order valence-electron chi connectivity index (χ0n) is 16.2. The van der Waals surface area contributed by atoms with Gasteiger partial charge in [-0.1, -0.05) is 0 Å². The number of nitrogens with zero attached hydrogens (tertiary/aromatic N) is 6. The van der Waals surface area contributed by atoms with Gasteiger partial charge in [0.1, 0.15) is 0 Å². The summed E-state index contributed by atoms with van der Waals surface area (Å²) in [7, 11) is 2.00. The van der Waals surface area contributed by atoms with Gasteiger partial charge < -0.3 is 0 Å². The lowest BCUT2D eigenvalue weighted by Crippen LogP contribution is -2.01. The Hall–Kier alpha value is -2.54. The average molecular weight is 379 g/mol. The van der Waals surface area contributed by atoms with Crippen molar-refractivity contribution in [2.24, 2.45) is 7.05 Å². The minimum atomic E-state index is 0.494. The molecule has 6 nitrogen and oxygen atoms in total. The van der Waals surface area contributed by atoms with E-state index < -0.39 is 0 Å². The predicted octanol–water partition coefficient (Wildman–Crippen LogP) is 4.09. The maximum atomic E-state index is 4.89. The third-order valence-corrected chi connectivity index (χ3v) is 6.62. The van der Waals surface area contributed by atoms with E-state index in [-0.39, 0.29) is 0 Å². The molecule has 1 saturated carbocycles. The summed E-state index contributed by atoms with van der Waals surface area (Å²) < 4.78 is 3.88. The highest BCUT2D eigenvalue weighted by Gasteiger charge is 2.42. The molecule has 138 valence electrons. The first-order valence-electron chi connectivity index (χ1n) is 9.22. The van der Waals surface area contributed by atoms with E-state index >= 15 is 0 Å². The van der Waals surface area contributed by atoms with Crippen molar-refractivity contribution in [1.29, 1.82) is 0 Å². The van der Waals surface area contributed by atoms with Gasteiger partial charge in [0.15, 0.2) is 5.65 Å². The van der Waals surface area contributed by atoms with Gasteiger partial charge in [-0.3, -0.25) is 4.68 Å². The molecule has 1 aliphatic rings. The first-order chi connectivity index (χ1) is 12.9. The van der Waals surface area contributed by atoms with Gasteiger partial charge in [0.05, 0.1) is 27.8 Å². The van der Waals surface area contributed by atoms with Crippen LogP contribution in [0.4, 0.5) is 0 Å². The maximum absolute atomic E-state index is 4.89. The van der Waals surface area contributed by atoms with Gasteiger partial charge in [-0.2, -0.15) is 10.2 Å². The molecule has 0 aliphatic heterocycles. The molecule has 5 rings (SSSR count). The first-order valence-corrected chi connectivity index (χ1v) is 10.0. The fourth-order valence-electron chi connectivity index (χ4n) is 3.80. The fraction of sp³-hybridized carbons (Fsp3) is 0.400. The van der Waals surface area contributed by atoms with E-state index in [1.807, 2.05) is 29.4 Å². The number of aromatic nitrogens is 6. The highest BCUT2D eigenvalue weighted by atomic mass is 32.1. The summed E-state index contributed by atoms with van der Waals surface area (Å²) in [5.41, 5.74) is 7.33. The van der Waals surface area contributed by atoms with Crippen molar-refractivity contribution < 1.29 is 0 Å². The molecule has 0 spiro atoms. The highest BCUT2D eigenvalue weighted by Crippen LogP contribution is 2.55. The average Bonchev–Trinajstić information content (AvgIpc) is 3.01. The summed E-state index contributed by atoms with van der Waals surface area (Å²) in [4.78, 5) is 10.7. The molecule has 7 heteroatoms. The summed E-state index contributed by atoms with van der Waals surface area (Å²) in [6, 6.07) is 4.30. The van der Waals surface area contributed by atoms with Crippen molar-refractivity contribution in [3.63, 3.8) is 0 Å². The number of aryl methyl sites for hydroxylation is 5. The summed E-state index contributed by atoms with van der Waals surface area (Å²) in [5, 5.41) is 10.5. The number of fused-ring (bicyclic) bond motifs is 1. The van der Waals surface area contributed by atoms with Gasteiger partial charge in [-0.05, 0) is 46.2 Å². The van der Waals surface area contributed by atoms with Gasteiger partial charge in [0.2, 0.25) is 0 Å². The van der Waals surface area contributed by atoms with Crippen LogP contribution >= 0.6 is 11.3 Å². The topological polar surface area (TPSA) is 60.9 Å². The number of hydrogen-bond acceptors (Lipinski definition) is 5. The first kappa shape index (κ1) is 16.6. The monoisotopic (exact) mass is 378 g/mol. The normalized spacial score (nSPS) is 19.1. The second-order valence-electron chi connectivity index (χ2n) is 7.54. The van der Waals surface area contributed by atoms with Gasteiger partial charge in [-0.15, -0.1) is 11.3 Å². The predicted molar refractivity (Wildman–Crippen MR) is 106 cm³/mol. The lowest BCUT2D eigenvalue weighted by Gasteiger charge is -2.05. The molecule has 4 heterocycles. The van der Waals surface area contributed by atoms with Gasteiger partial charge in [-0.25, -0.2) is 14.5 Å². The molecular formula is C20H22N6S. The Bertz CT molecular complexity index is 1180. The van der Waals surface area contributed by atoms with Crippen molar-refractivity contribution >= 4 is 17.0 Å². The van der Waals surface area contributed by atoms with Crippen LogP contribution in [0.5, 0.6) is 0 Å². The number of thiazole rings is 1. The molecule has 0 amide bonds. The molecule has 27 heavy (non-hydrogen) atoms. The number of rotatable bonds is 3. The van der Waals surface area contributed by atoms with Crippen molar-refractivity contribution in [3.8, 4) is 11.4 Å². The van der Waals surface area contributed by atoms with Crippen molar-refractivity contribution in [2.75, 3.05) is 0 Å². The Morgan fingerprint density at radius 1 is 1.07 bits per heavy atom. The quantitative estimate of drug-likeness (QED) is 0.539. The highest BCUT2D eigenvalue weighted by molar-refractivity contribution is 7.11. The third kappa shape index (κ3) is 2.60. The van der Waals surface area contributed by atoms with Gasteiger partial charge in [0.25, 0.3) is 0 Å². The van der Waals surface area contributed by atoms with E-state index in [4.69, 9.17) is 10.1 Å². The number of hydrogen-bond donors (Lipinski definition) is 0. The van der Waals surface area contributed by atoms with Crippen LogP contribution in [0.2, 0.25) is 0 Å². The lowest BCUT2D eigenvalue weighted by molar-refractivity contribution is 0.745. The molecule has 1 fully saturated rings. The maximum Gasteiger partial charge on any atom is 0.159 e. The molecule has 0 radical (unpaired) electrons. The Balaban J connectivity index is 1.52. The second kappa shape index (κ2) is 5.73. The molecule has 4 aromatic rings. The minimum absolute atomic E-state index is 0.494. The van der Waals surface area contributed by atoms with Crippen LogP contribution in [-0.2, 0) is 7.05 Å². The van der Waals surface area contributed by atoms with E-state index in [0.29, 0.717) is 11.8 Å². The van der Waals surface area contributed by atoms with Crippen molar-refractivity contribution in [2.45, 2.75) is 46.0 Å². The largest absolute Gasteiger partial charge is 0.266 e. The SMILES string of the molecule is Cc1ncc(C2CC2c2cc(-c3cc(C)n4nc(C)c(C)c4n3)n(C)n2)s1. The Kier molecular flexibility index (Phi) is 3.53. The standard InChI is InChI=1S/C20H22N6S/c1-10-6-17(22-20-11(2)12(3)23-26(10)20)18-8-16(24-25(18)5)14-7-15(14)19-9-21-13(4)27-19/h6,8-9,14-15H,7H2,1-5H3. The van der Waals surface area contributed by atoms with Crippen molar-refractivity contribution in [3.05, 3.63) is 50.9 Å². The van der Waals surface area contributed by atoms with Crippen LogP contribution in [0.15, 0.2) is 18.3 Å². The summed E-state index contributed by atoms with van der Waals surface area (Å²) >= 11 is 1.80. The fourth-order valence-corrected chi connectivity index (χ4v) is 4.77. The minimum Gasteiger partial charge on any atom is -0.266 e. The molecule has 0 saturated heterocycles. The van der Waals surface area contributed by atoms with E-state index in [9.17, 15) is 0 Å². The van der Waals surface area contributed by atoms with E-state index in [1.165, 1.54) is 4.88 Å². The van der Waals surface area contributed by atoms with Crippen molar-refractivity contribution in [1.82, 2.24) is 29.4 Å². The molecule has 0 bridgehead atoms. The summed E-state index contributed by atoms with van der Waals surface area (Å²) in [5.74, 6) is 1.06. The van der Waals surface area contributed by atoms with Crippen LogP contribution in [-0.4, -0.2) is 29.4 Å². The molecular weight excluding hydrogens is 356 g/mol. The van der Waals surface area contributed by atoms with Crippen LogP contribution < -0.4 is 0 Å². The molecule has 0 N–H and O–H groups in total. The Morgan fingerprint density at radius 2 is 1.89 bits per heavy atom. The van der Waals surface area contributed by atoms with E-state index in [0.717, 1.165) is 51.1 Å². The van der Waals surface area contributed by atoms with Crippen LogP contribution in [0.1, 0.15) is 50.8 Å². The summed E-state index contributed by atoms with van der Waals surface area (Å²) in [6.45, 7) is 8.24. The zero-order chi connectivity index (χ0) is 18.9. The second-order valence-corrected chi connectivity index (χ2v) is 8.80. The molecule has 0 aromatic carbocycles. The summed E-state index contributed by atoms with van der Waals surface area (Å²) in [6.07, 6.45) is 3.18. The Labute approximate surface area is 161 Å². The molecule has 1 aliphatic carbocycles. The van der Waals surface area contributed by atoms with E-state index in [1.54, 1.807) is 11.3 Å². The van der Waals surface area contributed by atoms with E-state index in [2.05, 4.69) is 43.0 Å². The third-order valence-electron chi connectivity index (χ3n) is 5.57. The van der Waals surface area contributed by atoms with Crippen LogP contribution in [0.25, 0.3) is 17.0 Å². The molecule has 2 atom stereocenters.